The molecule has 0 saturated heterocycles. The van der Waals surface area contributed by atoms with Crippen molar-refractivity contribution in [2.24, 2.45) is 0 Å². The lowest BCUT2D eigenvalue weighted by Crippen LogP contribution is -2.00. The summed E-state index contributed by atoms with van der Waals surface area (Å²) in [5, 5.41) is 10.9. The van der Waals surface area contributed by atoms with Crippen molar-refractivity contribution in [2.75, 3.05) is 0 Å². The van der Waals surface area contributed by atoms with E-state index in [4.69, 9.17) is 16.7 Å². The maximum atomic E-state index is 5.18. The van der Waals surface area contributed by atoms with Gasteiger partial charge in [0, 0.05) is 12.6 Å². The molecule has 0 unspecified atom stereocenters. The van der Waals surface area contributed by atoms with Gasteiger partial charge in [0.15, 0.2) is 16.3 Å². The van der Waals surface area contributed by atoms with Crippen LogP contribution in [0.25, 0.3) is 11.5 Å². The summed E-state index contributed by atoms with van der Waals surface area (Å²) in [6.07, 6.45) is 2.18. The van der Waals surface area contributed by atoms with Crippen LogP contribution < -0.4 is 0 Å². The van der Waals surface area contributed by atoms with E-state index in [0.717, 1.165) is 36.7 Å². The molecular weight excluding hydrogens is 224 g/mol. The van der Waals surface area contributed by atoms with Crippen LogP contribution in [0.1, 0.15) is 25.5 Å². The molecule has 0 atom stereocenters. The van der Waals surface area contributed by atoms with Crippen molar-refractivity contribution in [3.8, 4) is 11.5 Å². The van der Waals surface area contributed by atoms with Crippen molar-refractivity contribution >= 4 is 12.2 Å². The zero-order chi connectivity index (χ0) is 11.5. The van der Waals surface area contributed by atoms with E-state index in [1.165, 1.54) is 0 Å². The van der Waals surface area contributed by atoms with Crippen molar-refractivity contribution in [3.63, 3.8) is 0 Å². The van der Waals surface area contributed by atoms with Gasteiger partial charge >= 0.3 is 0 Å². The Morgan fingerprint density at radius 3 is 3.00 bits per heavy atom. The smallest absolute Gasteiger partial charge is 0.195 e. The molecule has 0 radical (unpaired) electrons. The number of nitrogens with one attached hydrogen (secondary N) is 1. The summed E-state index contributed by atoms with van der Waals surface area (Å²) in [6.45, 7) is 4.85. The normalized spacial score (nSPS) is 10.9. The summed E-state index contributed by atoms with van der Waals surface area (Å²) in [5.41, 5.74) is 0.723. The summed E-state index contributed by atoms with van der Waals surface area (Å²) in [7, 11) is 0. The standard InChI is InChI=1S/C10H14N4OS/c1-3-4-5-14-9(11-12-10(14)16)8-6-7(2)15-13-8/h6H,3-5H2,1-2H3,(H,12,16). The van der Waals surface area contributed by atoms with E-state index >= 15 is 0 Å². The van der Waals surface area contributed by atoms with Crippen molar-refractivity contribution in [1.29, 1.82) is 0 Å². The highest BCUT2D eigenvalue weighted by atomic mass is 32.1. The Labute approximate surface area is 98.5 Å². The van der Waals surface area contributed by atoms with Crippen LogP contribution in [0.4, 0.5) is 0 Å². The van der Waals surface area contributed by atoms with Crippen LogP contribution in [-0.4, -0.2) is 19.9 Å². The summed E-state index contributed by atoms with van der Waals surface area (Å²) in [4.78, 5) is 0. The first-order valence-electron chi connectivity index (χ1n) is 5.31. The molecule has 1 N–H and O–H groups in total. The Balaban J connectivity index is 2.37. The van der Waals surface area contributed by atoms with E-state index in [0.29, 0.717) is 4.77 Å². The zero-order valence-corrected chi connectivity index (χ0v) is 10.2. The minimum atomic E-state index is 0.629. The van der Waals surface area contributed by atoms with Gasteiger partial charge in [-0.2, -0.15) is 5.10 Å². The number of aryl methyl sites for hydroxylation is 1. The van der Waals surface area contributed by atoms with E-state index < -0.39 is 0 Å². The second-order valence-electron chi connectivity index (χ2n) is 3.68. The van der Waals surface area contributed by atoms with Crippen molar-refractivity contribution < 1.29 is 4.52 Å². The Hall–Kier alpha value is -1.43. The third kappa shape index (κ3) is 2.06. The van der Waals surface area contributed by atoms with Crippen LogP contribution in [0.2, 0.25) is 0 Å². The first-order valence-corrected chi connectivity index (χ1v) is 5.72. The van der Waals surface area contributed by atoms with E-state index in [1.807, 2.05) is 17.6 Å². The SMILES string of the molecule is CCCCn1c(-c2cc(C)on2)n[nH]c1=S. The second kappa shape index (κ2) is 4.61. The molecule has 5 nitrogen and oxygen atoms in total. The van der Waals surface area contributed by atoms with Gasteiger partial charge in [0.05, 0.1) is 0 Å². The third-order valence-electron chi connectivity index (χ3n) is 2.35. The highest BCUT2D eigenvalue weighted by molar-refractivity contribution is 7.71. The number of aromatic nitrogens is 4. The number of nitrogens with zero attached hydrogens (tertiary/aromatic N) is 3. The van der Waals surface area contributed by atoms with Crippen LogP contribution in [0, 0.1) is 11.7 Å². The number of rotatable bonds is 4. The lowest BCUT2D eigenvalue weighted by atomic mass is 10.3. The van der Waals surface area contributed by atoms with Gasteiger partial charge in [0.25, 0.3) is 0 Å². The average Bonchev–Trinajstić information content (AvgIpc) is 2.82. The molecular formula is C10H14N4OS. The topological polar surface area (TPSA) is 59.6 Å². The molecule has 0 aliphatic heterocycles. The summed E-state index contributed by atoms with van der Waals surface area (Å²) in [5.74, 6) is 1.52. The van der Waals surface area contributed by atoms with Gasteiger partial charge in [-0.1, -0.05) is 18.5 Å². The van der Waals surface area contributed by atoms with E-state index in [1.54, 1.807) is 0 Å². The number of hydrogen-bond donors (Lipinski definition) is 1. The molecule has 16 heavy (non-hydrogen) atoms. The molecule has 0 aliphatic rings. The number of hydrogen-bond acceptors (Lipinski definition) is 4. The fourth-order valence-corrected chi connectivity index (χ4v) is 1.73. The molecule has 2 aromatic rings. The van der Waals surface area contributed by atoms with Crippen LogP contribution in [0.15, 0.2) is 10.6 Å². The molecule has 86 valence electrons. The van der Waals surface area contributed by atoms with Gasteiger partial charge in [-0.05, 0) is 25.6 Å². The highest BCUT2D eigenvalue weighted by Gasteiger charge is 2.12. The zero-order valence-electron chi connectivity index (χ0n) is 9.36. The van der Waals surface area contributed by atoms with E-state index in [-0.39, 0.29) is 0 Å². The first-order chi connectivity index (χ1) is 7.72. The molecule has 6 heteroatoms. The second-order valence-corrected chi connectivity index (χ2v) is 4.07. The Morgan fingerprint density at radius 2 is 2.38 bits per heavy atom. The van der Waals surface area contributed by atoms with Crippen LogP contribution in [-0.2, 0) is 6.54 Å². The first kappa shape index (κ1) is 11.1. The lowest BCUT2D eigenvalue weighted by molar-refractivity contribution is 0.399. The molecule has 0 spiro atoms. The monoisotopic (exact) mass is 238 g/mol. The van der Waals surface area contributed by atoms with Gasteiger partial charge in [0.1, 0.15) is 5.76 Å². The van der Waals surface area contributed by atoms with Crippen LogP contribution in [0.5, 0.6) is 0 Å². The van der Waals surface area contributed by atoms with Crippen molar-refractivity contribution in [1.82, 2.24) is 19.9 Å². The van der Waals surface area contributed by atoms with E-state index in [9.17, 15) is 0 Å². The molecule has 0 saturated carbocycles. The fourth-order valence-electron chi connectivity index (χ4n) is 1.51. The van der Waals surface area contributed by atoms with E-state index in [2.05, 4.69) is 22.3 Å². The average molecular weight is 238 g/mol. The van der Waals surface area contributed by atoms with Gasteiger partial charge in [0.2, 0.25) is 0 Å². The maximum absolute atomic E-state index is 5.18. The van der Waals surface area contributed by atoms with Crippen molar-refractivity contribution in [3.05, 3.63) is 16.6 Å². The maximum Gasteiger partial charge on any atom is 0.195 e. The molecule has 2 aromatic heterocycles. The number of H-pyrrole nitrogens is 1. The Kier molecular flexibility index (Phi) is 3.19. The van der Waals surface area contributed by atoms with Gasteiger partial charge < -0.3 is 4.52 Å². The lowest BCUT2D eigenvalue weighted by Gasteiger charge is -2.02. The minimum absolute atomic E-state index is 0.629. The quantitative estimate of drug-likeness (QED) is 0.832. The Bertz CT molecular complexity index is 525. The molecule has 2 rings (SSSR count). The summed E-state index contributed by atoms with van der Waals surface area (Å²) in [6, 6.07) is 1.85. The fraction of sp³-hybridized carbons (Fsp3) is 0.500. The minimum Gasteiger partial charge on any atom is -0.361 e. The molecule has 0 amide bonds. The summed E-state index contributed by atoms with van der Waals surface area (Å²) >= 11 is 5.18. The molecule has 2 heterocycles. The Morgan fingerprint density at radius 1 is 1.56 bits per heavy atom. The number of aromatic amines is 1. The van der Waals surface area contributed by atoms with Gasteiger partial charge in [-0.15, -0.1) is 0 Å². The predicted molar refractivity (Wildman–Crippen MR) is 62.6 cm³/mol. The highest BCUT2D eigenvalue weighted by Crippen LogP contribution is 2.17. The van der Waals surface area contributed by atoms with Crippen LogP contribution in [0.3, 0.4) is 0 Å². The van der Waals surface area contributed by atoms with Crippen LogP contribution >= 0.6 is 12.2 Å². The summed E-state index contributed by atoms with van der Waals surface area (Å²) < 4.78 is 7.62. The van der Waals surface area contributed by atoms with Gasteiger partial charge in [-0.25, -0.2) is 0 Å². The molecule has 0 bridgehead atoms. The predicted octanol–water partition coefficient (Wildman–Crippen LogP) is 2.70. The largest absolute Gasteiger partial charge is 0.361 e. The van der Waals surface area contributed by atoms with Gasteiger partial charge in [-0.3, -0.25) is 9.67 Å². The third-order valence-corrected chi connectivity index (χ3v) is 2.66. The molecule has 0 aromatic carbocycles. The molecule has 0 aliphatic carbocycles. The number of unbranched alkanes of at least 4 members (excludes halogenated alkanes) is 1. The molecule has 0 fully saturated rings. The van der Waals surface area contributed by atoms with Crippen molar-refractivity contribution in [2.45, 2.75) is 33.2 Å².